The van der Waals surface area contributed by atoms with Crippen LogP contribution in [0, 0.1) is 19.8 Å². The van der Waals surface area contributed by atoms with Crippen LogP contribution in [0.5, 0.6) is 0 Å². The van der Waals surface area contributed by atoms with E-state index in [1.54, 1.807) is 12.1 Å². The Morgan fingerprint density at radius 1 is 0.839 bits per heavy atom. The molecule has 4 rings (SSSR count). The van der Waals surface area contributed by atoms with E-state index in [1.807, 2.05) is 6.92 Å². The minimum absolute atomic E-state index is 0.0666. The summed E-state index contributed by atoms with van der Waals surface area (Å²) in [6, 6.07) is 23.6. The molecule has 1 fully saturated rings. The van der Waals surface area contributed by atoms with Gasteiger partial charge in [-0.25, -0.2) is 0 Å². The van der Waals surface area contributed by atoms with Crippen LogP contribution >= 0.6 is 0 Å². The smallest absolute Gasteiger partial charge is 0.294 e. The van der Waals surface area contributed by atoms with E-state index in [9.17, 15) is 8.42 Å². The van der Waals surface area contributed by atoms with Gasteiger partial charge < -0.3 is 5.32 Å². The van der Waals surface area contributed by atoms with Crippen molar-refractivity contribution in [3.8, 4) is 11.1 Å². The zero-order chi connectivity index (χ0) is 22.3. The lowest BCUT2D eigenvalue weighted by Gasteiger charge is -2.24. The number of rotatable bonds is 4. The number of hydrogen-bond donors (Lipinski definition) is 2. The van der Waals surface area contributed by atoms with Crippen molar-refractivity contribution in [2.45, 2.75) is 38.0 Å². The molecule has 0 bridgehead atoms. The molecular weight excluding hydrogens is 406 g/mol. The Labute approximate surface area is 186 Å². The number of nitrogens with one attached hydrogen (secondary N) is 1. The van der Waals surface area contributed by atoms with E-state index in [1.165, 1.54) is 66.7 Å². The summed E-state index contributed by atoms with van der Waals surface area (Å²) in [7, 11) is -4.02. The van der Waals surface area contributed by atoms with Crippen molar-refractivity contribution in [1.82, 2.24) is 5.32 Å². The number of piperidine rings is 1. The van der Waals surface area contributed by atoms with Crippen LogP contribution in [0.2, 0.25) is 0 Å². The molecule has 1 aliphatic rings. The minimum Gasteiger partial charge on any atom is -0.317 e. The molecule has 3 aromatic rings. The van der Waals surface area contributed by atoms with E-state index in [0.717, 1.165) is 11.5 Å². The Bertz CT molecular complexity index is 1090. The molecule has 3 aromatic carbocycles. The molecular formula is C26H31NO3S. The molecule has 2 N–H and O–H groups in total. The first-order valence-corrected chi connectivity index (χ1v) is 12.2. The van der Waals surface area contributed by atoms with E-state index in [-0.39, 0.29) is 4.90 Å². The molecule has 0 unspecified atom stereocenters. The van der Waals surface area contributed by atoms with Gasteiger partial charge in [0.1, 0.15) is 0 Å². The molecule has 1 aliphatic heterocycles. The fraction of sp³-hybridized carbons (Fsp3) is 0.308. The van der Waals surface area contributed by atoms with E-state index in [2.05, 4.69) is 60.8 Å². The molecule has 1 heterocycles. The zero-order valence-corrected chi connectivity index (χ0v) is 19.0. The zero-order valence-electron chi connectivity index (χ0n) is 18.2. The van der Waals surface area contributed by atoms with E-state index >= 15 is 0 Å². The molecule has 0 radical (unpaired) electrons. The third-order valence-corrected chi connectivity index (χ3v) is 6.61. The predicted octanol–water partition coefficient (Wildman–Crippen LogP) is 5.45. The molecule has 0 aromatic heterocycles. The average Bonchev–Trinajstić information content (AvgIpc) is 2.76. The third-order valence-electron chi connectivity index (χ3n) is 5.74. The van der Waals surface area contributed by atoms with Crippen LogP contribution in [0.3, 0.4) is 0 Å². The molecule has 0 aliphatic carbocycles. The summed E-state index contributed by atoms with van der Waals surface area (Å²) in [5.74, 6) is 0.835. The fourth-order valence-corrected chi connectivity index (χ4v) is 4.42. The molecule has 0 amide bonds. The molecule has 0 atom stereocenters. The maximum absolute atomic E-state index is 10.5. The van der Waals surface area contributed by atoms with E-state index < -0.39 is 10.1 Å². The first-order valence-electron chi connectivity index (χ1n) is 10.7. The summed E-state index contributed by atoms with van der Waals surface area (Å²) < 4.78 is 29.6. The highest BCUT2D eigenvalue weighted by atomic mass is 32.2. The number of hydrogen-bond acceptors (Lipinski definition) is 3. The topological polar surface area (TPSA) is 66.4 Å². The third kappa shape index (κ3) is 6.76. The van der Waals surface area contributed by atoms with Crippen molar-refractivity contribution in [3.05, 3.63) is 89.5 Å². The quantitative estimate of drug-likeness (QED) is 0.533. The van der Waals surface area contributed by atoms with Crippen molar-refractivity contribution in [2.75, 3.05) is 13.1 Å². The second kappa shape index (κ2) is 10.7. The summed E-state index contributed by atoms with van der Waals surface area (Å²) >= 11 is 0. The SMILES string of the molecule is Cc1ccc(S(=O)(=O)O)cc1.Cc1ccccc1-c1ccccc1CC1CCNCC1. The molecule has 164 valence electrons. The van der Waals surface area contributed by atoms with Crippen molar-refractivity contribution in [3.63, 3.8) is 0 Å². The number of benzene rings is 3. The van der Waals surface area contributed by atoms with Gasteiger partial charge in [0, 0.05) is 0 Å². The van der Waals surface area contributed by atoms with Crippen molar-refractivity contribution in [1.29, 1.82) is 0 Å². The van der Waals surface area contributed by atoms with Crippen LogP contribution in [0.1, 0.15) is 29.5 Å². The first-order chi connectivity index (χ1) is 14.8. The highest BCUT2D eigenvalue weighted by Crippen LogP contribution is 2.29. The summed E-state index contributed by atoms with van der Waals surface area (Å²) in [5, 5.41) is 3.46. The van der Waals surface area contributed by atoms with Crippen LogP contribution in [0.25, 0.3) is 11.1 Å². The molecule has 31 heavy (non-hydrogen) atoms. The Kier molecular flexibility index (Phi) is 8.02. The van der Waals surface area contributed by atoms with Crippen molar-refractivity contribution >= 4 is 10.1 Å². The van der Waals surface area contributed by atoms with Crippen LogP contribution in [0.15, 0.2) is 77.7 Å². The van der Waals surface area contributed by atoms with Crippen LogP contribution < -0.4 is 5.32 Å². The van der Waals surface area contributed by atoms with E-state index in [0.29, 0.717) is 0 Å². The van der Waals surface area contributed by atoms with Gasteiger partial charge in [0.25, 0.3) is 10.1 Å². The monoisotopic (exact) mass is 437 g/mol. The van der Waals surface area contributed by atoms with Gasteiger partial charge in [0.15, 0.2) is 0 Å². The summed E-state index contributed by atoms with van der Waals surface area (Å²) in [4.78, 5) is -0.0666. The molecule has 0 spiro atoms. The van der Waals surface area contributed by atoms with Gasteiger partial charge in [-0.2, -0.15) is 8.42 Å². The Morgan fingerprint density at radius 2 is 1.42 bits per heavy atom. The average molecular weight is 438 g/mol. The van der Waals surface area contributed by atoms with Gasteiger partial charge >= 0.3 is 0 Å². The Morgan fingerprint density at radius 3 is 2.03 bits per heavy atom. The largest absolute Gasteiger partial charge is 0.317 e. The van der Waals surface area contributed by atoms with Gasteiger partial charge in [-0.3, -0.25) is 4.55 Å². The Balaban J connectivity index is 0.000000210. The summed E-state index contributed by atoms with van der Waals surface area (Å²) in [5.41, 5.74) is 6.64. The highest BCUT2D eigenvalue weighted by Gasteiger charge is 2.16. The highest BCUT2D eigenvalue weighted by molar-refractivity contribution is 7.85. The second-order valence-electron chi connectivity index (χ2n) is 8.16. The lowest BCUT2D eigenvalue weighted by molar-refractivity contribution is 0.373. The maximum Gasteiger partial charge on any atom is 0.294 e. The van der Waals surface area contributed by atoms with Crippen LogP contribution in [-0.2, 0) is 16.5 Å². The summed E-state index contributed by atoms with van der Waals surface area (Å²) in [6.07, 6.45) is 3.83. The van der Waals surface area contributed by atoms with Gasteiger partial charge in [0.2, 0.25) is 0 Å². The molecule has 0 saturated carbocycles. The lowest BCUT2D eigenvalue weighted by Crippen LogP contribution is -2.28. The van der Waals surface area contributed by atoms with Gasteiger partial charge in [-0.1, -0.05) is 66.2 Å². The maximum atomic E-state index is 10.5. The van der Waals surface area contributed by atoms with E-state index in [4.69, 9.17) is 4.55 Å². The lowest BCUT2D eigenvalue weighted by atomic mass is 9.86. The second-order valence-corrected chi connectivity index (χ2v) is 9.58. The number of aryl methyl sites for hydroxylation is 2. The first kappa shape index (κ1) is 23.2. The van der Waals surface area contributed by atoms with Gasteiger partial charge in [-0.15, -0.1) is 0 Å². The van der Waals surface area contributed by atoms with Crippen LogP contribution in [-0.4, -0.2) is 26.1 Å². The van der Waals surface area contributed by atoms with Crippen LogP contribution in [0.4, 0.5) is 0 Å². The summed E-state index contributed by atoms with van der Waals surface area (Å²) in [6.45, 7) is 6.40. The molecule has 1 saturated heterocycles. The van der Waals surface area contributed by atoms with Crippen molar-refractivity contribution < 1.29 is 13.0 Å². The van der Waals surface area contributed by atoms with Gasteiger partial charge in [-0.05, 0) is 86.5 Å². The minimum atomic E-state index is -4.02. The predicted molar refractivity (Wildman–Crippen MR) is 127 cm³/mol. The Hall–Kier alpha value is -2.47. The van der Waals surface area contributed by atoms with Crippen molar-refractivity contribution in [2.24, 2.45) is 5.92 Å². The standard InChI is InChI=1S/C19H23N.C7H8O3S/c1-15-6-2-4-8-18(15)19-9-5-3-7-17(19)14-16-10-12-20-13-11-16;1-6-2-4-7(5-3-6)11(8,9)10/h2-9,16,20H,10-14H2,1H3;2-5H,1H3,(H,8,9,10). The molecule has 4 nitrogen and oxygen atoms in total. The fourth-order valence-electron chi connectivity index (χ4n) is 3.94. The van der Waals surface area contributed by atoms with Gasteiger partial charge in [0.05, 0.1) is 4.90 Å². The molecule has 5 heteroatoms. The normalized spacial score (nSPS) is 14.5.